The van der Waals surface area contributed by atoms with Crippen molar-refractivity contribution in [2.45, 2.75) is 104 Å². The number of rotatable bonds is 20. The number of carbonyl (C=O) groups is 2. The monoisotopic (exact) mass is 702 g/mol. The molecule has 4 rings (SSSR count). The normalized spacial score (nSPS) is 13.5. The lowest BCUT2D eigenvalue weighted by molar-refractivity contribution is -0.125. The fourth-order valence-electron chi connectivity index (χ4n) is 5.91. The van der Waals surface area contributed by atoms with Gasteiger partial charge in [0, 0.05) is 47.9 Å². The lowest BCUT2D eigenvalue weighted by Gasteiger charge is -2.28. The van der Waals surface area contributed by atoms with Crippen molar-refractivity contribution in [3.63, 3.8) is 0 Å². The van der Waals surface area contributed by atoms with Crippen LogP contribution in [0.25, 0.3) is 0 Å². The molecule has 2 aromatic carbocycles. The van der Waals surface area contributed by atoms with Crippen LogP contribution in [0.2, 0.25) is 0 Å². The number of nitrogens with zero attached hydrogens (tertiary/aromatic N) is 3. The highest BCUT2D eigenvalue weighted by molar-refractivity contribution is 7.10. The van der Waals surface area contributed by atoms with Crippen molar-refractivity contribution >= 4 is 34.5 Å². The van der Waals surface area contributed by atoms with E-state index in [1.165, 1.54) is 11.1 Å². The summed E-state index contributed by atoms with van der Waals surface area (Å²) in [6.45, 7) is 11.8. The summed E-state index contributed by atoms with van der Waals surface area (Å²) < 4.78 is 0. The van der Waals surface area contributed by atoms with Crippen molar-refractivity contribution in [2.24, 2.45) is 5.92 Å². The lowest BCUT2D eigenvalue weighted by atomic mass is 9.95. The highest BCUT2D eigenvalue weighted by atomic mass is 32.1. The Labute approximate surface area is 301 Å². The second-order valence-electron chi connectivity index (χ2n) is 13.7. The number of hydrogen-bond donors (Lipinski definition) is 3. The molecule has 2 amide bonds. The molecular weight excluding hydrogens is 649 g/mol. The molecule has 264 valence electrons. The molecule has 3 atom stereocenters. The van der Waals surface area contributed by atoms with E-state index in [9.17, 15) is 9.59 Å². The number of benzene rings is 2. The number of aryl methyl sites for hydroxylation is 2. The standard InChI is InChI=1S/C39H54N6O2S2/c1-27(2)37(40-25-45(6)23-34-24-48-39(44-34)28(3)4)38(47)43-33(22-31-15-11-8-12-16-31)18-17-32(21-30-13-9-7-10-14-30)42-36(46)20-19-35-29(5)41-26-49-35/h7-16,24,26-28,32-33,37,40H,17-23,25H2,1-6H3,(H,42,46)(H,43,47). The molecule has 0 fully saturated rings. The third-order valence-electron chi connectivity index (χ3n) is 8.67. The first-order valence-corrected chi connectivity index (χ1v) is 19.3. The van der Waals surface area contributed by atoms with E-state index in [4.69, 9.17) is 4.98 Å². The summed E-state index contributed by atoms with van der Waals surface area (Å²) in [5.41, 5.74) is 6.25. The van der Waals surface area contributed by atoms with Gasteiger partial charge in [0.25, 0.3) is 0 Å². The highest BCUT2D eigenvalue weighted by Crippen LogP contribution is 2.20. The maximum absolute atomic E-state index is 13.9. The molecule has 0 aliphatic rings. The van der Waals surface area contributed by atoms with Gasteiger partial charge in [-0.25, -0.2) is 9.97 Å². The maximum Gasteiger partial charge on any atom is 0.237 e. The van der Waals surface area contributed by atoms with Crippen LogP contribution in [-0.2, 0) is 35.4 Å². The molecule has 8 nitrogen and oxygen atoms in total. The second kappa shape index (κ2) is 19.7. The van der Waals surface area contributed by atoms with Crippen LogP contribution < -0.4 is 16.0 Å². The van der Waals surface area contributed by atoms with E-state index in [0.29, 0.717) is 25.4 Å². The van der Waals surface area contributed by atoms with Crippen LogP contribution in [0, 0.1) is 12.8 Å². The van der Waals surface area contributed by atoms with Gasteiger partial charge in [-0.3, -0.25) is 19.8 Å². The Morgan fingerprint density at radius 3 is 2.00 bits per heavy atom. The summed E-state index contributed by atoms with van der Waals surface area (Å²) in [6, 6.07) is 20.1. The first kappa shape index (κ1) is 38.4. The number of nitrogens with one attached hydrogen (secondary N) is 3. The predicted octanol–water partition coefficient (Wildman–Crippen LogP) is 6.90. The summed E-state index contributed by atoms with van der Waals surface area (Å²) in [4.78, 5) is 39.5. The molecule has 0 saturated carbocycles. The molecule has 2 aromatic heterocycles. The molecule has 2 heterocycles. The zero-order valence-electron chi connectivity index (χ0n) is 29.9. The maximum atomic E-state index is 13.9. The molecule has 0 saturated heterocycles. The number of aromatic nitrogens is 2. The van der Waals surface area contributed by atoms with Crippen LogP contribution in [0.3, 0.4) is 0 Å². The zero-order valence-corrected chi connectivity index (χ0v) is 31.6. The van der Waals surface area contributed by atoms with Gasteiger partial charge in [0.1, 0.15) is 0 Å². The topological polar surface area (TPSA) is 99.2 Å². The number of hydrogen-bond acceptors (Lipinski definition) is 8. The molecule has 10 heteroatoms. The molecule has 0 radical (unpaired) electrons. The van der Waals surface area contributed by atoms with Crippen LogP contribution in [0.5, 0.6) is 0 Å². The summed E-state index contributed by atoms with van der Waals surface area (Å²) in [5.74, 6) is 0.570. The van der Waals surface area contributed by atoms with Crippen molar-refractivity contribution in [3.05, 3.63) is 104 Å². The molecule has 0 aliphatic carbocycles. The lowest BCUT2D eigenvalue weighted by Crippen LogP contribution is -2.53. The largest absolute Gasteiger partial charge is 0.353 e. The van der Waals surface area contributed by atoms with E-state index in [0.717, 1.165) is 53.5 Å². The smallest absolute Gasteiger partial charge is 0.237 e. The van der Waals surface area contributed by atoms with E-state index in [1.807, 2.05) is 48.8 Å². The van der Waals surface area contributed by atoms with Gasteiger partial charge in [-0.2, -0.15) is 0 Å². The molecule has 0 bridgehead atoms. The van der Waals surface area contributed by atoms with Gasteiger partial charge >= 0.3 is 0 Å². The van der Waals surface area contributed by atoms with E-state index in [2.05, 4.69) is 90.2 Å². The van der Waals surface area contributed by atoms with E-state index in [1.54, 1.807) is 22.7 Å². The summed E-state index contributed by atoms with van der Waals surface area (Å²) in [6.07, 6.45) is 4.05. The second-order valence-corrected chi connectivity index (χ2v) is 15.5. The Bertz CT molecular complexity index is 1560. The van der Waals surface area contributed by atoms with E-state index in [-0.39, 0.29) is 35.9 Å². The van der Waals surface area contributed by atoms with Crippen molar-refractivity contribution in [2.75, 3.05) is 13.7 Å². The Balaban J connectivity index is 1.40. The molecule has 49 heavy (non-hydrogen) atoms. The highest BCUT2D eigenvalue weighted by Gasteiger charge is 2.26. The van der Waals surface area contributed by atoms with Crippen molar-refractivity contribution in [1.29, 1.82) is 0 Å². The molecule has 0 spiro atoms. The Hall–Kier alpha value is -3.44. The number of thiazole rings is 2. The summed E-state index contributed by atoms with van der Waals surface area (Å²) in [7, 11) is 2.05. The minimum Gasteiger partial charge on any atom is -0.353 e. The fraction of sp³-hybridized carbons (Fsp3) is 0.487. The SMILES string of the molecule is Cc1ncsc1CCC(=O)NC(CCC(Cc1ccccc1)NC(=O)C(NCN(C)Cc1csc(C(C)C)n1)C(C)C)Cc1ccccc1. The van der Waals surface area contributed by atoms with Crippen LogP contribution in [0.15, 0.2) is 71.6 Å². The third-order valence-corrected chi connectivity index (χ3v) is 10.9. The minimum atomic E-state index is -0.350. The van der Waals surface area contributed by atoms with Gasteiger partial charge in [0.15, 0.2) is 0 Å². The predicted molar refractivity (Wildman–Crippen MR) is 203 cm³/mol. The van der Waals surface area contributed by atoms with Gasteiger partial charge in [-0.1, -0.05) is 88.4 Å². The quantitative estimate of drug-likeness (QED) is 0.0867. The third kappa shape index (κ3) is 13.1. The Kier molecular flexibility index (Phi) is 15.4. The van der Waals surface area contributed by atoms with Crippen LogP contribution >= 0.6 is 22.7 Å². The van der Waals surface area contributed by atoms with Gasteiger partial charge in [0.05, 0.1) is 27.9 Å². The van der Waals surface area contributed by atoms with Crippen molar-refractivity contribution < 1.29 is 9.59 Å². The van der Waals surface area contributed by atoms with Crippen molar-refractivity contribution in [1.82, 2.24) is 30.8 Å². The van der Waals surface area contributed by atoms with E-state index < -0.39 is 0 Å². The average Bonchev–Trinajstić information content (AvgIpc) is 3.72. The summed E-state index contributed by atoms with van der Waals surface area (Å²) in [5, 5.41) is 13.5. The summed E-state index contributed by atoms with van der Waals surface area (Å²) >= 11 is 3.31. The first-order valence-electron chi connectivity index (χ1n) is 17.5. The van der Waals surface area contributed by atoms with E-state index >= 15 is 0 Å². The van der Waals surface area contributed by atoms with Crippen molar-refractivity contribution in [3.8, 4) is 0 Å². The number of carbonyl (C=O) groups excluding carboxylic acids is 2. The molecular formula is C39H54N6O2S2. The molecule has 4 aromatic rings. The average molecular weight is 703 g/mol. The Morgan fingerprint density at radius 2 is 1.47 bits per heavy atom. The minimum absolute atomic E-state index is 0.00338. The zero-order chi connectivity index (χ0) is 35.2. The van der Waals surface area contributed by atoms with Gasteiger partial charge in [-0.15, -0.1) is 22.7 Å². The first-order chi connectivity index (χ1) is 23.6. The Morgan fingerprint density at radius 1 is 0.857 bits per heavy atom. The molecule has 3 unspecified atom stereocenters. The molecule has 0 aliphatic heterocycles. The van der Waals surface area contributed by atoms with Crippen LogP contribution in [0.1, 0.15) is 85.3 Å². The van der Waals surface area contributed by atoms with Gasteiger partial charge < -0.3 is 10.6 Å². The van der Waals surface area contributed by atoms with Gasteiger partial charge in [-0.05, 0) is 63.1 Å². The molecule has 3 N–H and O–H groups in total. The fourth-order valence-corrected chi connectivity index (χ4v) is 7.52. The number of amides is 2. The van der Waals surface area contributed by atoms with Crippen LogP contribution in [0.4, 0.5) is 0 Å². The van der Waals surface area contributed by atoms with Gasteiger partial charge in [0.2, 0.25) is 11.8 Å². The van der Waals surface area contributed by atoms with Crippen LogP contribution in [-0.4, -0.2) is 58.5 Å².